The predicted molar refractivity (Wildman–Crippen MR) is 75.8 cm³/mol. The Labute approximate surface area is 120 Å². The molecule has 0 radical (unpaired) electrons. The molecule has 0 bridgehead atoms. The first-order valence-electron chi connectivity index (χ1n) is 7.22. The van der Waals surface area contributed by atoms with Gasteiger partial charge in [-0.3, -0.25) is 4.79 Å². The monoisotopic (exact) mass is 280 g/mol. The maximum atomic E-state index is 12.6. The lowest BCUT2D eigenvalue weighted by Gasteiger charge is -2.26. The van der Waals surface area contributed by atoms with Gasteiger partial charge in [-0.2, -0.15) is 0 Å². The summed E-state index contributed by atoms with van der Waals surface area (Å²) in [5, 5.41) is 11.0. The first kappa shape index (κ1) is 15.1. The first-order valence-corrected chi connectivity index (χ1v) is 7.22. The van der Waals surface area contributed by atoms with Crippen LogP contribution in [-0.4, -0.2) is 28.7 Å². The molecule has 0 aromatic rings. The van der Waals surface area contributed by atoms with Crippen LogP contribution in [0.3, 0.4) is 0 Å². The molecular weight excluding hydrogens is 256 g/mol. The maximum Gasteiger partial charge on any atom is 0.208 e. The van der Waals surface area contributed by atoms with Crippen LogP contribution in [0.2, 0.25) is 0 Å². The van der Waals surface area contributed by atoms with Gasteiger partial charge in [0.25, 0.3) is 0 Å². The van der Waals surface area contributed by atoms with Gasteiger partial charge in [0.2, 0.25) is 11.5 Å². The van der Waals surface area contributed by atoms with Crippen molar-refractivity contribution in [3.63, 3.8) is 0 Å². The van der Waals surface area contributed by atoms with Crippen molar-refractivity contribution in [2.75, 3.05) is 0 Å². The molecule has 0 saturated heterocycles. The quantitative estimate of drug-likeness (QED) is 0.804. The van der Waals surface area contributed by atoms with Crippen LogP contribution in [0.25, 0.3) is 0 Å². The largest absolute Gasteiger partial charge is 0.488 e. The fourth-order valence-corrected chi connectivity index (χ4v) is 3.01. The van der Waals surface area contributed by atoms with Crippen LogP contribution in [-0.2, 0) is 14.3 Å². The van der Waals surface area contributed by atoms with Gasteiger partial charge >= 0.3 is 0 Å². The lowest BCUT2D eigenvalue weighted by Crippen LogP contribution is -2.37. The highest BCUT2D eigenvalue weighted by atomic mass is 16.5. The van der Waals surface area contributed by atoms with E-state index >= 15 is 0 Å². The van der Waals surface area contributed by atoms with E-state index in [1.54, 1.807) is 6.08 Å². The van der Waals surface area contributed by atoms with Gasteiger partial charge in [-0.25, -0.2) is 0 Å². The van der Waals surface area contributed by atoms with Gasteiger partial charge in [0.15, 0.2) is 11.4 Å². The number of allylic oxidation sites excluding steroid dienone is 2. The number of carbonyl (C=O) groups excluding carboxylic acids is 1. The highest BCUT2D eigenvalue weighted by Crippen LogP contribution is 2.51. The van der Waals surface area contributed by atoms with Crippen LogP contribution in [0, 0.1) is 11.8 Å². The van der Waals surface area contributed by atoms with Gasteiger partial charge in [-0.1, -0.05) is 12.5 Å². The molecule has 0 heterocycles. The van der Waals surface area contributed by atoms with Crippen LogP contribution in [0.4, 0.5) is 0 Å². The second-order valence-corrected chi connectivity index (χ2v) is 6.34. The predicted octanol–water partition coefficient (Wildman–Crippen LogP) is 2.57. The molecule has 0 saturated carbocycles. The Morgan fingerprint density at radius 1 is 1.20 bits per heavy atom. The average molecular weight is 280 g/mol. The molecule has 4 heteroatoms. The number of hydrogen-bond donors (Lipinski definition) is 1. The Morgan fingerprint density at radius 2 is 1.75 bits per heavy atom. The Morgan fingerprint density at radius 3 is 2.25 bits per heavy atom. The molecule has 1 N–H and O–H groups in total. The van der Waals surface area contributed by atoms with Crippen molar-refractivity contribution in [3.8, 4) is 0 Å². The molecule has 20 heavy (non-hydrogen) atoms. The van der Waals surface area contributed by atoms with E-state index in [2.05, 4.69) is 0 Å². The Hall–Kier alpha value is -1.29. The standard InChI is InChI=1S/C16H24O4/c1-8(2)19-14-13(17)12-11(6)10(5)7-16(12,18)15(14)20-9(3)4/h7-9,11-12,18H,1-6H3/t11-,12-,16+/m1/s1. The fraction of sp³-hybridized carbons (Fsp3) is 0.688. The van der Waals surface area contributed by atoms with Gasteiger partial charge in [-0.15, -0.1) is 0 Å². The molecule has 112 valence electrons. The van der Waals surface area contributed by atoms with E-state index in [9.17, 15) is 9.90 Å². The summed E-state index contributed by atoms with van der Waals surface area (Å²) in [4.78, 5) is 12.6. The third-order valence-electron chi connectivity index (χ3n) is 3.92. The minimum absolute atomic E-state index is 0.00785. The second-order valence-electron chi connectivity index (χ2n) is 6.34. The number of fused-ring (bicyclic) bond motifs is 1. The van der Waals surface area contributed by atoms with Crippen molar-refractivity contribution in [2.24, 2.45) is 11.8 Å². The van der Waals surface area contributed by atoms with Crippen molar-refractivity contribution >= 4 is 5.78 Å². The summed E-state index contributed by atoms with van der Waals surface area (Å²) in [6, 6.07) is 0. The molecule has 0 spiro atoms. The minimum Gasteiger partial charge on any atom is -0.488 e. The third-order valence-corrected chi connectivity index (χ3v) is 3.92. The van der Waals surface area contributed by atoms with Crippen molar-refractivity contribution in [1.82, 2.24) is 0 Å². The molecule has 0 aliphatic heterocycles. The summed E-state index contributed by atoms with van der Waals surface area (Å²) >= 11 is 0. The third kappa shape index (κ3) is 2.16. The molecule has 3 atom stereocenters. The van der Waals surface area contributed by atoms with Crippen molar-refractivity contribution < 1.29 is 19.4 Å². The minimum atomic E-state index is -1.35. The van der Waals surface area contributed by atoms with Crippen LogP contribution in [0.5, 0.6) is 0 Å². The molecule has 2 aliphatic rings. The van der Waals surface area contributed by atoms with E-state index < -0.39 is 11.5 Å². The van der Waals surface area contributed by atoms with E-state index in [1.807, 2.05) is 41.5 Å². The molecule has 2 aliphatic carbocycles. The van der Waals surface area contributed by atoms with Gasteiger partial charge in [-0.05, 0) is 46.6 Å². The zero-order chi connectivity index (χ0) is 15.2. The summed E-state index contributed by atoms with van der Waals surface area (Å²) in [5.74, 6) is -0.217. The second kappa shape index (κ2) is 4.92. The molecule has 0 aromatic carbocycles. The molecule has 0 amide bonds. The fourth-order valence-electron chi connectivity index (χ4n) is 3.01. The van der Waals surface area contributed by atoms with E-state index in [-0.39, 0.29) is 35.4 Å². The molecule has 0 fully saturated rings. The number of carbonyl (C=O) groups is 1. The molecule has 2 rings (SSSR count). The van der Waals surface area contributed by atoms with Crippen LogP contribution < -0.4 is 0 Å². The van der Waals surface area contributed by atoms with Crippen molar-refractivity contribution in [2.45, 2.75) is 59.4 Å². The van der Waals surface area contributed by atoms with Crippen LogP contribution >= 0.6 is 0 Å². The van der Waals surface area contributed by atoms with Gasteiger partial charge in [0, 0.05) is 0 Å². The van der Waals surface area contributed by atoms with Gasteiger partial charge in [0.1, 0.15) is 0 Å². The molecule has 0 unspecified atom stereocenters. The number of aliphatic hydroxyl groups is 1. The first-order chi connectivity index (χ1) is 9.18. The number of Topliss-reactive ketones (excluding diaryl/α,β-unsaturated/α-hetero) is 1. The van der Waals surface area contributed by atoms with E-state index in [0.717, 1.165) is 5.57 Å². The summed E-state index contributed by atoms with van der Waals surface area (Å²) in [7, 11) is 0. The zero-order valence-electron chi connectivity index (χ0n) is 13.1. The van der Waals surface area contributed by atoms with E-state index in [1.165, 1.54) is 0 Å². The Balaban J connectivity index is 2.51. The van der Waals surface area contributed by atoms with Crippen molar-refractivity contribution in [3.05, 3.63) is 23.2 Å². The normalized spacial score (nSPS) is 33.0. The average Bonchev–Trinajstić information content (AvgIpc) is 2.63. The van der Waals surface area contributed by atoms with E-state index in [4.69, 9.17) is 9.47 Å². The number of ketones is 1. The number of rotatable bonds is 4. The zero-order valence-corrected chi connectivity index (χ0v) is 13.1. The highest BCUT2D eigenvalue weighted by molar-refractivity contribution is 6.02. The molecule has 4 nitrogen and oxygen atoms in total. The van der Waals surface area contributed by atoms with Gasteiger partial charge < -0.3 is 14.6 Å². The topological polar surface area (TPSA) is 55.8 Å². The van der Waals surface area contributed by atoms with Gasteiger partial charge in [0.05, 0.1) is 18.1 Å². The lowest BCUT2D eigenvalue weighted by atomic mass is 9.85. The molecular formula is C16H24O4. The summed E-state index contributed by atoms with van der Waals surface area (Å²) in [6.45, 7) is 11.3. The lowest BCUT2D eigenvalue weighted by molar-refractivity contribution is -0.126. The number of hydrogen-bond acceptors (Lipinski definition) is 4. The van der Waals surface area contributed by atoms with Crippen molar-refractivity contribution in [1.29, 1.82) is 0 Å². The SMILES string of the molecule is CC1=C[C@@]2(O)C(OC(C)C)=C(OC(C)C)C(=O)[C@H]2[C@@H]1C. The molecule has 0 aromatic heterocycles. The highest BCUT2D eigenvalue weighted by Gasteiger charge is 2.60. The van der Waals surface area contributed by atoms with E-state index in [0.29, 0.717) is 0 Å². The summed E-state index contributed by atoms with van der Waals surface area (Å²) < 4.78 is 11.4. The smallest absolute Gasteiger partial charge is 0.208 e. The summed E-state index contributed by atoms with van der Waals surface area (Å²) in [6.07, 6.45) is 1.48. The van der Waals surface area contributed by atoms with Crippen LogP contribution in [0.1, 0.15) is 41.5 Å². The Bertz CT molecular complexity index is 487. The Kier molecular flexibility index (Phi) is 3.71. The van der Waals surface area contributed by atoms with Crippen LogP contribution in [0.15, 0.2) is 23.2 Å². The summed E-state index contributed by atoms with van der Waals surface area (Å²) in [5.41, 5.74) is -0.339. The number of ether oxygens (including phenoxy) is 2. The maximum absolute atomic E-state index is 12.6.